The van der Waals surface area contributed by atoms with Gasteiger partial charge in [0, 0.05) is 6.42 Å². The Morgan fingerprint density at radius 3 is 1.83 bits per heavy atom. The van der Waals surface area contributed by atoms with Gasteiger partial charge in [-0.25, -0.2) is 4.99 Å². The molecule has 0 aliphatic carbocycles. The number of allylic oxidation sites excluding steroid dienone is 2. The van der Waals surface area contributed by atoms with Gasteiger partial charge in [-0.15, -0.1) is 0 Å². The van der Waals surface area contributed by atoms with Crippen molar-refractivity contribution in [2.75, 3.05) is 32.8 Å². The minimum atomic E-state index is 0.275. The first-order valence-corrected chi connectivity index (χ1v) is 13.4. The number of quaternary nitrogens is 1. The van der Waals surface area contributed by atoms with E-state index in [1.807, 2.05) is 0 Å². The first-order valence-electron chi connectivity index (χ1n) is 13.4. The van der Waals surface area contributed by atoms with Crippen LogP contribution in [0.2, 0.25) is 0 Å². The van der Waals surface area contributed by atoms with Crippen LogP contribution in [-0.4, -0.2) is 48.2 Å². The van der Waals surface area contributed by atoms with Crippen LogP contribution in [0, 0.1) is 0 Å². The second kappa shape index (κ2) is 19.0. The zero-order valence-electron chi connectivity index (χ0n) is 20.6. The Labute approximate surface area is 188 Å². The number of hydrogen-bond acceptors (Lipinski definition) is 2. The molecule has 0 spiro atoms. The van der Waals surface area contributed by atoms with Gasteiger partial charge in [-0.1, -0.05) is 89.7 Å². The molecule has 1 N–H and O–H groups in total. The van der Waals surface area contributed by atoms with E-state index in [0.29, 0.717) is 0 Å². The van der Waals surface area contributed by atoms with Crippen molar-refractivity contribution in [2.24, 2.45) is 4.99 Å². The van der Waals surface area contributed by atoms with Gasteiger partial charge in [-0.05, 0) is 39.0 Å². The number of likely N-dealkylation sites (N-methyl/N-ethyl adjacent to an activating group) is 1. The third kappa shape index (κ3) is 12.2. The molecule has 0 aromatic carbocycles. The Kier molecular flexibility index (Phi) is 17.4. The normalized spacial score (nSPS) is 19.1. The van der Waals surface area contributed by atoms with E-state index >= 15 is 0 Å². The van der Waals surface area contributed by atoms with Gasteiger partial charge in [0.2, 0.25) is 0 Å². The molecule has 1 aliphatic rings. The van der Waals surface area contributed by atoms with Gasteiger partial charge in [0.1, 0.15) is 13.1 Å². The van der Waals surface area contributed by atoms with E-state index in [9.17, 15) is 5.11 Å². The minimum Gasteiger partial charge on any atom is -0.390 e. The summed E-state index contributed by atoms with van der Waals surface area (Å²) in [4.78, 5) is 4.76. The lowest BCUT2D eigenvalue weighted by molar-refractivity contribution is -0.835. The molecule has 3 nitrogen and oxygen atoms in total. The van der Waals surface area contributed by atoms with Crippen molar-refractivity contribution in [1.82, 2.24) is 0 Å². The predicted octanol–water partition coefficient (Wildman–Crippen LogP) is 7.44. The second-order valence-corrected chi connectivity index (χ2v) is 9.33. The number of aliphatic hydroxyl groups is 1. The highest BCUT2D eigenvalue weighted by Crippen LogP contribution is 2.19. The molecular formula is C27H53N2O+. The smallest absolute Gasteiger partial charge is 0.198 e. The number of aliphatic hydroxyl groups excluding tert-OH is 1. The average Bonchev–Trinajstić information content (AvgIpc) is 3.16. The number of rotatable bonds is 21. The zero-order chi connectivity index (χ0) is 21.8. The van der Waals surface area contributed by atoms with Crippen LogP contribution in [0.1, 0.15) is 123 Å². The largest absolute Gasteiger partial charge is 0.390 e. The Bertz CT molecular complexity index is 446. The fourth-order valence-corrected chi connectivity index (χ4v) is 4.78. The van der Waals surface area contributed by atoms with Gasteiger partial charge < -0.3 is 5.11 Å². The van der Waals surface area contributed by atoms with Gasteiger partial charge >= 0.3 is 0 Å². The van der Waals surface area contributed by atoms with Gasteiger partial charge in [0.05, 0.1) is 19.7 Å². The lowest BCUT2D eigenvalue weighted by atomic mass is 10.1. The number of aliphatic imine (C=N–C) groups is 1. The van der Waals surface area contributed by atoms with Crippen LogP contribution in [-0.2, 0) is 0 Å². The molecular weight excluding hydrogens is 368 g/mol. The predicted molar refractivity (Wildman–Crippen MR) is 133 cm³/mol. The molecule has 30 heavy (non-hydrogen) atoms. The van der Waals surface area contributed by atoms with Crippen molar-refractivity contribution in [1.29, 1.82) is 0 Å². The quantitative estimate of drug-likeness (QED) is 0.117. The molecule has 0 radical (unpaired) electrons. The maximum Gasteiger partial charge on any atom is 0.198 e. The molecule has 1 heterocycles. The molecule has 1 rings (SSSR count). The van der Waals surface area contributed by atoms with E-state index in [-0.39, 0.29) is 6.61 Å². The molecule has 1 unspecified atom stereocenters. The van der Waals surface area contributed by atoms with Crippen LogP contribution in [0.5, 0.6) is 0 Å². The van der Waals surface area contributed by atoms with E-state index in [4.69, 9.17) is 4.99 Å². The van der Waals surface area contributed by atoms with Gasteiger partial charge in [0.25, 0.3) is 0 Å². The molecule has 176 valence electrons. The molecule has 0 aromatic rings. The first kappa shape index (κ1) is 27.4. The van der Waals surface area contributed by atoms with Crippen LogP contribution in [0.15, 0.2) is 17.1 Å². The van der Waals surface area contributed by atoms with Crippen molar-refractivity contribution in [3.05, 3.63) is 12.2 Å². The van der Waals surface area contributed by atoms with Gasteiger partial charge in [-0.3, -0.25) is 4.48 Å². The summed E-state index contributed by atoms with van der Waals surface area (Å²) in [5, 5.41) is 9.39. The van der Waals surface area contributed by atoms with E-state index < -0.39 is 0 Å². The summed E-state index contributed by atoms with van der Waals surface area (Å²) in [6.45, 7) is 8.75. The summed E-state index contributed by atoms with van der Waals surface area (Å²) in [7, 11) is 0. The summed E-state index contributed by atoms with van der Waals surface area (Å²) < 4.78 is 0.940. The molecule has 0 saturated heterocycles. The van der Waals surface area contributed by atoms with Crippen molar-refractivity contribution >= 4 is 5.84 Å². The third-order valence-electron chi connectivity index (χ3n) is 6.92. The number of nitrogens with zero attached hydrogens (tertiary/aromatic N) is 2. The van der Waals surface area contributed by atoms with Crippen LogP contribution in [0.25, 0.3) is 0 Å². The van der Waals surface area contributed by atoms with Crippen molar-refractivity contribution in [2.45, 2.75) is 123 Å². The molecule has 0 bridgehead atoms. The van der Waals surface area contributed by atoms with E-state index in [2.05, 4.69) is 26.0 Å². The standard InChI is InChI=1S/C27H53N2O/c1-3-5-6-7-8-9-10-11-12-13-14-15-16-17-18-19-20-21-22-27-28-23-24-29(27,4-2)25-26-30/h16-17,30H,3-15,18-26H2,1-2H3/q+1/b17-16+. The van der Waals surface area contributed by atoms with E-state index in [1.54, 1.807) is 0 Å². The molecule has 0 fully saturated rings. The highest BCUT2D eigenvalue weighted by molar-refractivity contribution is 5.76. The number of unbranched alkanes of at least 4 members (excludes halogenated alkanes) is 14. The van der Waals surface area contributed by atoms with Gasteiger partial charge in [0.15, 0.2) is 5.84 Å². The molecule has 0 aromatic heterocycles. The van der Waals surface area contributed by atoms with Crippen molar-refractivity contribution < 1.29 is 9.59 Å². The fraction of sp³-hybridized carbons (Fsp3) is 0.889. The third-order valence-corrected chi connectivity index (χ3v) is 6.92. The second-order valence-electron chi connectivity index (χ2n) is 9.33. The SMILES string of the molecule is CCCCCCCCCCCCC/C=C/CCCCCC1=NCC[N+]1(CC)CCO. The average molecular weight is 422 g/mol. The minimum absolute atomic E-state index is 0.275. The van der Waals surface area contributed by atoms with Crippen LogP contribution in [0.3, 0.4) is 0 Å². The summed E-state index contributed by atoms with van der Waals surface area (Å²) >= 11 is 0. The summed E-state index contributed by atoms with van der Waals surface area (Å²) in [6, 6.07) is 0. The summed E-state index contributed by atoms with van der Waals surface area (Å²) in [5.41, 5.74) is 0. The first-order chi connectivity index (χ1) is 14.8. The molecule has 1 aliphatic heterocycles. The van der Waals surface area contributed by atoms with Crippen LogP contribution >= 0.6 is 0 Å². The van der Waals surface area contributed by atoms with E-state index in [1.165, 1.54) is 109 Å². The fourth-order valence-electron chi connectivity index (χ4n) is 4.78. The van der Waals surface area contributed by atoms with Crippen LogP contribution < -0.4 is 0 Å². The number of amidine groups is 1. The van der Waals surface area contributed by atoms with Gasteiger partial charge in [-0.2, -0.15) is 0 Å². The zero-order valence-corrected chi connectivity index (χ0v) is 20.6. The topological polar surface area (TPSA) is 32.6 Å². The Morgan fingerprint density at radius 2 is 1.30 bits per heavy atom. The van der Waals surface area contributed by atoms with Crippen molar-refractivity contribution in [3.63, 3.8) is 0 Å². The summed E-state index contributed by atoms with van der Waals surface area (Å²) in [5.74, 6) is 1.35. The molecule has 0 amide bonds. The Balaban J connectivity index is 1.88. The monoisotopic (exact) mass is 421 g/mol. The molecule has 0 saturated carbocycles. The Hall–Kier alpha value is -0.670. The highest BCUT2D eigenvalue weighted by atomic mass is 16.3. The van der Waals surface area contributed by atoms with Crippen molar-refractivity contribution in [3.8, 4) is 0 Å². The molecule has 1 atom stereocenters. The van der Waals surface area contributed by atoms with E-state index in [0.717, 1.165) is 37.1 Å². The maximum atomic E-state index is 9.39. The lowest BCUT2D eigenvalue weighted by Crippen LogP contribution is -2.52. The molecule has 3 heteroatoms. The Morgan fingerprint density at radius 1 is 0.767 bits per heavy atom. The lowest BCUT2D eigenvalue weighted by Gasteiger charge is -2.33. The summed E-state index contributed by atoms with van der Waals surface area (Å²) in [6.07, 6.45) is 28.0. The van der Waals surface area contributed by atoms with Crippen LogP contribution in [0.4, 0.5) is 0 Å². The highest BCUT2D eigenvalue weighted by Gasteiger charge is 2.35. The number of hydrogen-bond donors (Lipinski definition) is 1. The maximum absolute atomic E-state index is 9.39.